The van der Waals surface area contributed by atoms with Gasteiger partial charge >= 0.3 is 0 Å². The molecular formula is C16H18BrFN2S. The summed E-state index contributed by atoms with van der Waals surface area (Å²) in [6.45, 7) is 2.08. The normalized spacial score (nSPS) is 12.4. The molecule has 3 N–H and O–H groups in total. The standard InChI is InChI=1S/C16H18BrFN2S/c1-11-3-2-4-15(7-11)21-10-14(20-19)9-12-8-13(18)5-6-16(12)17/h2-8,14,20H,9-10,19H2,1H3. The average molecular weight is 369 g/mol. The molecule has 0 aliphatic carbocycles. The highest BCUT2D eigenvalue weighted by Crippen LogP contribution is 2.23. The maximum absolute atomic E-state index is 13.3. The Morgan fingerprint density at radius 3 is 2.81 bits per heavy atom. The van der Waals surface area contributed by atoms with Crippen LogP contribution in [0.3, 0.4) is 0 Å². The molecule has 21 heavy (non-hydrogen) atoms. The van der Waals surface area contributed by atoms with Crippen LogP contribution in [0.5, 0.6) is 0 Å². The molecule has 5 heteroatoms. The minimum absolute atomic E-state index is 0.0774. The van der Waals surface area contributed by atoms with Crippen LogP contribution in [0.15, 0.2) is 51.8 Å². The van der Waals surface area contributed by atoms with Crippen molar-refractivity contribution < 1.29 is 4.39 Å². The molecule has 0 amide bonds. The van der Waals surface area contributed by atoms with Crippen LogP contribution in [0.25, 0.3) is 0 Å². The second kappa shape index (κ2) is 7.94. The van der Waals surface area contributed by atoms with Crippen molar-refractivity contribution in [3.05, 3.63) is 63.9 Å². The van der Waals surface area contributed by atoms with Crippen molar-refractivity contribution in [3.8, 4) is 0 Å². The molecule has 0 aliphatic rings. The number of nitrogens with two attached hydrogens (primary N) is 1. The quantitative estimate of drug-likeness (QED) is 0.458. The number of rotatable bonds is 6. The monoisotopic (exact) mass is 368 g/mol. The van der Waals surface area contributed by atoms with E-state index in [1.807, 2.05) is 6.07 Å². The summed E-state index contributed by atoms with van der Waals surface area (Å²) >= 11 is 5.20. The summed E-state index contributed by atoms with van der Waals surface area (Å²) in [4.78, 5) is 1.22. The zero-order chi connectivity index (χ0) is 15.2. The SMILES string of the molecule is Cc1cccc(SCC(Cc2cc(F)ccc2Br)NN)c1. The Hall–Kier alpha value is -0.880. The van der Waals surface area contributed by atoms with Crippen LogP contribution in [0, 0.1) is 12.7 Å². The number of hydrogen-bond donors (Lipinski definition) is 2. The predicted molar refractivity (Wildman–Crippen MR) is 90.8 cm³/mol. The molecule has 2 nitrogen and oxygen atoms in total. The van der Waals surface area contributed by atoms with Gasteiger partial charge in [0.15, 0.2) is 0 Å². The highest BCUT2D eigenvalue weighted by atomic mass is 79.9. The van der Waals surface area contributed by atoms with Gasteiger partial charge in [-0.3, -0.25) is 11.3 Å². The van der Waals surface area contributed by atoms with E-state index < -0.39 is 0 Å². The molecule has 0 radical (unpaired) electrons. The Kier molecular flexibility index (Phi) is 6.23. The van der Waals surface area contributed by atoms with Crippen molar-refractivity contribution in [3.63, 3.8) is 0 Å². The minimum atomic E-state index is -0.227. The Balaban J connectivity index is 1.98. The van der Waals surface area contributed by atoms with E-state index in [1.54, 1.807) is 23.9 Å². The molecule has 2 aromatic rings. The Labute approximate surface area is 137 Å². The number of nitrogens with one attached hydrogen (secondary N) is 1. The van der Waals surface area contributed by atoms with E-state index in [1.165, 1.54) is 16.5 Å². The largest absolute Gasteiger partial charge is 0.271 e. The van der Waals surface area contributed by atoms with Crippen LogP contribution in [0.1, 0.15) is 11.1 Å². The van der Waals surface area contributed by atoms with Crippen LogP contribution < -0.4 is 11.3 Å². The van der Waals surface area contributed by atoms with Gasteiger partial charge in [0.25, 0.3) is 0 Å². The van der Waals surface area contributed by atoms with Gasteiger partial charge in [-0.1, -0.05) is 33.6 Å². The summed E-state index contributed by atoms with van der Waals surface area (Å²) < 4.78 is 14.2. The highest BCUT2D eigenvalue weighted by molar-refractivity contribution is 9.10. The lowest BCUT2D eigenvalue weighted by Gasteiger charge is -2.16. The van der Waals surface area contributed by atoms with Crippen molar-refractivity contribution >= 4 is 27.7 Å². The first-order chi connectivity index (χ1) is 10.1. The highest BCUT2D eigenvalue weighted by Gasteiger charge is 2.11. The number of hydrazine groups is 1. The van der Waals surface area contributed by atoms with Crippen LogP contribution in [-0.2, 0) is 6.42 Å². The number of hydrogen-bond acceptors (Lipinski definition) is 3. The van der Waals surface area contributed by atoms with Gasteiger partial charge in [0.1, 0.15) is 5.82 Å². The van der Waals surface area contributed by atoms with Crippen molar-refractivity contribution in [1.82, 2.24) is 5.43 Å². The van der Waals surface area contributed by atoms with Crippen LogP contribution >= 0.6 is 27.7 Å². The molecular weight excluding hydrogens is 351 g/mol. The van der Waals surface area contributed by atoms with E-state index in [0.29, 0.717) is 6.42 Å². The average Bonchev–Trinajstić information content (AvgIpc) is 2.47. The van der Waals surface area contributed by atoms with Gasteiger partial charge < -0.3 is 0 Å². The molecule has 1 unspecified atom stereocenters. The predicted octanol–water partition coefficient (Wildman–Crippen LogP) is 4.06. The van der Waals surface area contributed by atoms with E-state index in [4.69, 9.17) is 5.84 Å². The van der Waals surface area contributed by atoms with E-state index >= 15 is 0 Å². The number of halogens is 2. The third-order valence-electron chi connectivity index (χ3n) is 3.15. The minimum Gasteiger partial charge on any atom is -0.271 e. The van der Waals surface area contributed by atoms with Gasteiger partial charge in [-0.05, 0) is 49.2 Å². The topological polar surface area (TPSA) is 38.0 Å². The van der Waals surface area contributed by atoms with Crippen molar-refractivity contribution in [1.29, 1.82) is 0 Å². The summed E-state index contributed by atoms with van der Waals surface area (Å²) in [7, 11) is 0. The smallest absolute Gasteiger partial charge is 0.123 e. The molecule has 0 spiro atoms. The van der Waals surface area contributed by atoms with E-state index in [-0.39, 0.29) is 11.9 Å². The second-order valence-electron chi connectivity index (χ2n) is 4.93. The summed E-state index contributed by atoms with van der Waals surface area (Å²) in [5.74, 6) is 6.23. The maximum atomic E-state index is 13.3. The summed E-state index contributed by atoms with van der Waals surface area (Å²) in [6, 6.07) is 13.2. The number of thioether (sulfide) groups is 1. The van der Waals surface area contributed by atoms with Gasteiger partial charge in [0.2, 0.25) is 0 Å². The molecule has 0 saturated carbocycles. The van der Waals surface area contributed by atoms with Crippen molar-refractivity contribution in [2.75, 3.05) is 5.75 Å². The fourth-order valence-electron chi connectivity index (χ4n) is 2.03. The van der Waals surface area contributed by atoms with Gasteiger partial charge in [-0.2, -0.15) is 0 Å². The van der Waals surface area contributed by atoms with E-state index in [0.717, 1.165) is 15.8 Å². The molecule has 2 aromatic carbocycles. The second-order valence-corrected chi connectivity index (χ2v) is 6.88. The summed E-state index contributed by atoms with van der Waals surface area (Å²) in [5.41, 5.74) is 4.98. The van der Waals surface area contributed by atoms with Gasteiger partial charge in [0, 0.05) is 21.2 Å². The summed E-state index contributed by atoms with van der Waals surface area (Å²) in [6.07, 6.45) is 0.674. The fourth-order valence-corrected chi connectivity index (χ4v) is 3.49. The number of benzene rings is 2. The van der Waals surface area contributed by atoms with E-state index in [9.17, 15) is 4.39 Å². The molecule has 2 rings (SSSR count). The first-order valence-electron chi connectivity index (χ1n) is 6.68. The fraction of sp³-hybridized carbons (Fsp3) is 0.250. The lowest BCUT2D eigenvalue weighted by atomic mass is 10.1. The number of aryl methyl sites for hydroxylation is 1. The summed E-state index contributed by atoms with van der Waals surface area (Å²) in [5, 5.41) is 0. The Morgan fingerprint density at radius 1 is 1.29 bits per heavy atom. The molecule has 0 saturated heterocycles. The Morgan fingerprint density at radius 2 is 2.10 bits per heavy atom. The molecule has 112 valence electrons. The first-order valence-corrected chi connectivity index (χ1v) is 8.46. The van der Waals surface area contributed by atoms with Gasteiger partial charge in [-0.15, -0.1) is 11.8 Å². The lowest BCUT2D eigenvalue weighted by Crippen LogP contribution is -2.38. The third kappa shape index (κ3) is 5.11. The molecule has 0 aromatic heterocycles. The maximum Gasteiger partial charge on any atom is 0.123 e. The molecule has 1 atom stereocenters. The third-order valence-corrected chi connectivity index (χ3v) is 5.08. The molecule has 0 fully saturated rings. The van der Waals surface area contributed by atoms with Gasteiger partial charge in [-0.25, -0.2) is 4.39 Å². The van der Waals surface area contributed by atoms with Crippen molar-refractivity contribution in [2.24, 2.45) is 5.84 Å². The van der Waals surface area contributed by atoms with Gasteiger partial charge in [0.05, 0.1) is 0 Å². The molecule has 0 bridgehead atoms. The zero-order valence-corrected chi connectivity index (χ0v) is 14.2. The Bertz CT molecular complexity index is 607. The van der Waals surface area contributed by atoms with Crippen LogP contribution in [0.4, 0.5) is 4.39 Å². The van der Waals surface area contributed by atoms with Crippen LogP contribution in [-0.4, -0.2) is 11.8 Å². The van der Waals surface area contributed by atoms with E-state index in [2.05, 4.69) is 46.5 Å². The lowest BCUT2D eigenvalue weighted by molar-refractivity contribution is 0.569. The molecule has 0 heterocycles. The van der Waals surface area contributed by atoms with Crippen molar-refractivity contribution in [2.45, 2.75) is 24.3 Å². The zero-order valence-electron chi connectivity index (χ0n) is 11.8. The van der Waals surface area contributed by atoms with Crippen LogP contribution in [0.2, 0.25) is 0 Å². The molecule has 0 aliphatic heterocycles. The first kappa shape index (κ1) is 16.5.